The minimum atomic E-state index is -3.05. The first kappa shape index (κ1) is 18.8. The number of allylic oxidation sites excluding steroid dienone is 1. The molecule has 2 saturated heterocycles. The highest BCUT2D eigenvalue weighted by Crippen LogP contribution is 2.44. The van der Waals surface area contributed by atoms with Crippen LogP contribution in [0.4, 0.5) is 0 Å². The summed E-state index contributed by atoms with van der Waals surface area (Å²) in [6.45, 7) is 5.10. The predicted molar refractivity (Wildman–Crippen MR) is 114 cm³/mol. The summed E-state index contributed by atoms with van der Waals surface area (Å²) in [5, 5.41) is -0.0880. The monoisotopic (exact) mass is 400 g/mol. The summed E-state index contributed by atoms with van der Waals surface area (Å²) in [6, 6.07) is 9.10. The van der Waals surface area contributed by atoms with Crippen molar-refractivity contribution >= 4 is 15.6 Å². The van der Waals surface area contributed by atoms with Crippen LogP contribution in [0.3, 0.4) is 0 Å². The number of nitrogens with zero attached hydrogens (tertiary/aromatic N) is 2. The van der Waals surface area contributed by atoms with Gasteiger partial charge in [-0.3, -0.25) is 0 Å². The fraction of sp³-hybridized carbons (Fsp3) is 0.652. The minimum absolute atomic E-state index is 0.0880. The Balaban J connectivity index is 1.27. The summed E-state index contributed by atoms with van der Waals surface area (Å²) < 4.78 is 27.2. The molecule has 28 heavy (non-hydrogen) atoms. The SMILES string of the molecule is O=S(=O)(C1CC1)N1CC2CCC=C(c3ccc(CCN4CCCC4)cc3)C2C1. The van der Waals surface area contributed by atoms with E-state index in [4.69, 9.17) is 0 Å². The fourth-order valence-corrected chi connectivity index (χ4v) is 7.28. The van der Waals surface area contributed by atoms with Crippen molar-refractivity contribution in [2.75, 3.05) is 32.7 Å². The molecule has 0 amide bonds. The number of fused-ring (bicyclic) bond motifs is 1. The molecule has 2 aliphatic carbocycles. The highest BCUT2D eigenvalue weighted by Gasteiger charge is 2.47. The van der Waals surface area contributed by atoms with Gasteiger partial charge in [-0.25, -0.2) is 12.7 Å². The Labute approximate surface area is 169 Å². The molecule has 0 bridgehead atoms. The van der Waals surface area contributed by atoms with Crippen molar-refractivity contribution < 1.29 is 8.42 Å². The summed E-state index contributed by atoms with van der Waals surface area (Å²) in [4.78, 5) is 2.57. The number of likely N-dealkylation sites (tertiary alicyclic amines) is 1. The first-order valence-electron chi connectivity index (χ1n) is 11.1. The van der Waals surface area contributed by atoms with Crippen LogP contribution in [0, 0.1) is 11.8 Å². The van der Waals surface area contributed by atoms with Crippen molar-refractivity contribution in [3.63, 3.8) is 0 Å². The molecule has 2 unspecified atom stereocenters. The molecule has 3 fully saturated rings. The maximum atomic E-state index is 12.7. The van der Waals surface area contributed by atoms with Gasteiger partial charge in [-0.05, 0) is 80.7 Å². The van der Waals surface area contributed by atoms with Gasteiger partial charge in [0.1, 0.15) is 0 Å². The van der Waals surface area contributed by atoms with E-state index < -0.39 is 10.0 Å². The molecular weight excluding hydrogens is 368 g/mol. The lowest BCUT2D eigenvalue weighted by Gasteiger charge is -2.26. The molecule has 0 radical (unpaired) electrons. The molecule has 0 aromatic heterocycles. The molecule has 1 saturated carbocycles. The summed E-state index contributed by atoms with van der Waals surface area (Å²) >= 11 is 0. The van der Waals surface area contributed by atoms with Crippen LogP contribution in [0.15, 0.2) is 30.3 Å². The van der Waals surface area contributed by atoms with Crippen LogP contribution in [0.25, 0.3) is 5.57 Å². The number of hydrogen-bond acceptors (Lipinski definition) is 3. The Morgan fingerprint density at radius 1 is 0.964 bits per heavy atom. The Kier molecular flexibility index (Phi) is 5.10. The Morgan fingerprint density at radius 3 is 2.43 bits per heavy atom. The molecule has 152 valence electrons. The van der Waals surface area contributed by atoms with Crippen molar-refractivity contribution in [3.8, 4) is 0 Å². The second-order valence-corrected chi connectivity index (χ2v) is 11.4. The third kappa shape index (κ3) is 3.69. The second kappa shape index (κ2) is 7.58. The molecule has 2 heterocycles. The van der Waals surface area contributed by atoms with Gasteiger partial charge in [0.15, 0.2) is 0 Å². The van der Waals surface area contributed by atoms with E-state index in [0.29, 0.717) is 18.4 Å². The topological polar surface area (TPSA) is 40.6 Å². The summed E-state index contributed by atoms with van der Waals surface area (Å²) in [7, 11) is -3.05. The van der Waals surface area contributed by atoms with Crippen LogP contribution in [0.2, 0.25) is 0 Å². The standard InChI is InChI=1S/C23H32N2O2S/c26-28(27,21-10-11-21)25-16-20-4-3-5-22(23(20)17-25)19-8-6-18(7-9-19)12-15-24-13-1-2-14-24/h5-9,20-21,23H,1-4,10-17H2. The van der Waals surface area contributed by atoms with Crippen molar-refractivity contribution in [2.24, 2.45) is 11.8 Å². The van der Waals surface area contributed by atoms with Gasteiger partial charge in [-0.15, -0.1) is 0 Å². The lowest BCUT2D eigenvalue weighted by Crippen LogP contribution is -2.32. The third-order valence-electron chi connectivity index (χ3n) is 7.22. The van der Waals surface area contributed by atoms with E-state index in [2.05, 4.69) is 35.2 Å². The average Bonchev–Trinajstić information content (AvgIpc) is 3.27. The largest absolute Gasteiger partial charge is 0.303 e. The van der Waals surface area contributed by atoms with E-state index in [0.717, 1.165) is 38.6 Å². The zero-order valence-electron chi connectivity index (χ0n) is 16.7. The van der Waals surface area contributed by atoms with Gasteiger partial charge in [0.25, 0.3) is 0 Å². The number of rotatable bonds is 6. The predicted octanol–water partition coefficient (Wildman–Crippen LogP) is 3.54. The Hall–Kier alpha value is -1.17. The number of benzene rings is 1. The van der Waals surface area contributed by atoms with Crippen LogP contribution < -0.4 is 0 Å². The Morgan fingerprint density at radius 2 is 1.71 bits per heavy atom. The van der Waals surface area contributed by atoms with Crippen molar-refractivity contribution in [3.05, 3.63) is 41.5 Å². The Bertz CT molecular complexity index is 836. The molecule has 1 aromatic rings. The molecule has 4 nitrogen and oxygen atoms in total. The highest BCUT2D eigenvalue weighted by molar-refractivity contribution is 7.90. The van der Waals surface area contributed by atoms with Gasteiger partial charge < -0.3 is 4.90 Å². The van der Waals surface area contributed by atoms with Crippen LogP contribution in [0.1, 0.15) is 49.7 Å². The van der Waals surface area contributed by atoms with E-state index >= 15 is 0 Å². The number of sulfonamides is 1. The zero-order valence-corrected chi connectivity index (χ0v) is 17.5. The van der Waals surface area contributed by atoms with Crippen LogP contribution >= 0.6 is 0 Å². The van der Waals surface area contributed by atoms with Gasteiger partial charge in [0.05, 0.1) is 5.25 Å². The van der Waals surface area contributed by atoms with Crippen LogP contribution in [-0.2, 0) is 16.4 Å². The van der Waals surface area contributed by atoms with E-state index in [-0.39, 0.29) is 5.25 Å². The lowest BCUT2D eigenvalue weighted by atomic mass is 9.78. The molecule has 5 rings (SSSR count). The number of hydrogen-bond donors (Lipinski definition) is 0. The molecular formula is C23H32N2O2S. The quantitative estimate of drug-likeness (QED) is 0.733. The van der Waals surface area contributed by atoms with E-state index in [9.17, 15) is 8.42 Å². The first-order valence-corrected chi connectivity index (χ1v) is 12.6. The zero-order chi connectivity index (χ0) is 19.1. The highest BCUT2D eigenvalue weighted by atomic mass is 32.2. The van der Waals surface area contributed by atoms with Gasteiger partial charge >= 0.3 is 0 Å². The molecule has 2 aliphatic heterocycles. The fourth-order valence-electron chi connectivity index (χ4n) is 5.35. The first-order chi connectivity index (χ1) is 13.6. The molecule has 2 atom stereocenters. The van der Waals surface area contributed by atoms with E-state index in [1.807, 2.05) is 4.31 Å². The van der Waals surface area contributed by atoms with Gasteiger partial charge in [0.2, 0.25) is 10.0 Å². The molecule has 0 N–H and O–H groups in total. The third-order valence-corrected chi connectivity index (χ3v) is 9.55. The average molecular weight is 401 g/mol. The second-order valence-electron chi connectivity index (χ2n) is 9.16. The normalized spacial score (nSPS) is 29.1. The van der Waals surface area contributed by atoms with E-state index in [1.165, 1.54) is 49.2 Å². The molecule has 0 spiro atoms. The summed E-state index contributed by atoms with van der Waals surface area (Å²) in [5.41, 5.74) is 4.09. The van der Waals surface area contributed by atoms with Crippen molar-refractivity contribution in [1.82, 2.24) is 9.21 Å². The van der Waals surface area contributed by atoms with Crippen LogP contribution in [-0.4, -0.2) is 55.6 Å². The van der Waals surface area contributed by atoms with Crippen LogP contribution in [0.5, 0.6) is 0 Å². The molecule has 1 aromatic carbocycles. The van der Waals surface area contributed by atoms with Crippen molar-refractivity contribution in [1.29, 1.82) is 0 Å². The summed E-state index contributed by atoms with van der Waals surface area (Å²) in [5.74, 6) is 0.862. The summed E-state index contributed by atoms with van der Waals surface area (Å²) in [6.07, 6.45) is 10.1. The smallest absolute Gasteiger partial charge is 0.217 e. The van der Waals surface area contributed by atoms with E-state index in [1.54, 1.807) is 0 Å². The maximum absolute atomic E-state index is 12.7. The molecule has 4 aliphatic rings. The van der Waals surface area contributed by atoms with Gasteiger partial charge in [0, 0.05) is 25.6 Å². The molecule has 5 heteroatoms. The lowest BCUT2D eigenvalue weighted by molar-refractivity contribution is 0.343. The minimum Gasteiger partial charge on any atom is -0.303 e. The maximum Gasteiger partial charge on any atom is 0.217 e. The van der Waals surface area contributed by atoms with Gasteiger partial charge in [-0.1, -0.05) is 30.3 Å². The van der Waals surface area contributed by atoms with Gasteiger partial charge in [-0.2, -0.15) is 0 Å². The van der Waals surface area contributed by atoms with Crippen molar-refractivity contribution in [2.45, 2.75) is 50.2 Å².